The molecule has 0 spiro atoms. The first kappa shape index (κ1) is 13.6. The van der Waals surface area contributed by atoms with Crippen LogP contribution in [-0.2, 0) is 9.53 Å². The molecule has 0 unspecified atom stereocenters. The van der Waals surface area contributed by atoms with E-state index in [9.17, 15) is 4.79 Å². The topological polar surface area (TPSA) is 85.6 Å². The van der Waals surface area contributed by atoms with E-state index in [1.54, 1.807) is 25.3 Å². The summed E-state index contributed by atoms with van der Waals surface area (Å²) in [6, 6.07) is 4.79. The van der Waals surface area contributed by atoms with Crippen molar-refractivity contribution in [2.24, 2.45) is 0 Å². The van der Waals surface area contributed by atoms with E-state index in [1.165, 1.54) is 0 Å². The van der Waals surface area contributed by atoms with E-state index in [0.717, 1.165) is 0 Å². The van der Waals surface area contributed by atoms with Crippen LogP contribution in [0, 0.1) is 0 Å². The van der Waals surface area contributed by atoms with E-state index in [2.05, 4.69) is 10.6 Å². The number of anilines is 2. The first-order valence-corrected chi connectivity index (χ1v) is 6.21. The van der Waals surface area contributed by atoms with Gasteiger partial charge >= 0.3 is 0 Å². The van der Waals surface area contributed by atoms with Crippen molar-refractivity contribution in [2.45, 2.75) is 19.1 Å². The second kappa shape index (κ2) is 5.90. The van der Waals surface area contributed by atoms with Crippen LogP contribution in [0.2, 0.25) is 0 Å². The molecule has 1 fully saturated rings. The molecule has 104 valence electrons. The van der Waals surface area contributed by atoms with E-state index >= 15 is 0 Å². The summed E-state index contributed by atoms with van der Waals surface area (Å²) in [5.74, 6) is 0.460. The molecule has 1 saturated heterocycles. The molecule has 1 heterocycles. The molecule has 1 aromatic rings. The Labute approximate surface area is 112 Å². The van der Waals surface area contributed by atoms with Crippen molar-refractivity contribution >= 4 is 17.3 Å². The molecule has 2 rings (SSSR count). The van der Waals surface area contributed by atoms with Crippen LogP contribution < -0.4 is 21.1 Å². The molecule has 2 atom stereocenters. The smallest absolute Gasteiger partial charge is 0.244 e. The minimum Gasteiger partial charge on any atom is -0.495 e. The number of morpholine rings is 1. The number of nitrogens with two attached hydrogens (primary N) is 1. The molecule has 1 aliphatic rings. The van der Waals surface area contributed by atoms with Crippen LogP contribution in [0.1, 0.15) is 6.92 Å². The Hall–Kier alpha value is -1.79. The average Bonchev–Trinajstić information content (AvgIpc) is 2.39. The lowest BCUT2D eigenvalue weighted by Gasteiger charge is -2.29. The van der Waals surface area contributed by atoms with Crippen molar-refractivity contribution in [2.75, 3.05) is 31.3 Å². The highest BCUT2D eigenvalue weighted by Gasteiger charge is 2.28. The van der Waals surface area contributed by atoms with Gasteiger partial charge in [-0.3, -0.25) is 4.79 Å². The molecular weight excluding hydrogens is 246 g/mol. The number of nitrogen functional groups attached to an aromatic ring is 1. The van der Waals surface area contributed by atoms with Gasteiger partial charge in [-0.2, -0.15) is 0 Å². The molecule has 4 N–H and O–H groups in total. The number of hydrogen-bond acceptors (Lipinski definition) is 5. The Morgan fingerprint density at radius 3 is 3.00 bits per heavy atom. The molecule has 0 radical (unpaired) electrons. The number of amides is 1. The van der Waals surface area contributed by atoms with Crippen molar-refractivity contribution < 1.29 is 14.3 Å². The predicted octanol–water partition coefficient (Wildman–Crippen LogP) is 0.593. The Balaban J connectivity index is 2.04. The average molecular weight is 265 g/mol. The summed E-state index contributed by atoms with van der Waals surface area (Å²) in [5, 5.41) is 5.95. The second-order valence-electron chi connectivity index (χ2n) is 4.45. The van der Waals surface area contributed by atoms with Crippen LogP contribution in [-0.4, -0.2) is 38.3 Å². The summed E-state index contributed by atoms with van der Waals surface area (Å²) in [6.45, 7) is 3.17. The van der Waals surface area contributed by atoms with Crippen LogP contribution in [0.3, 0.4) is 0 Å². The molecule has 0 bridgehead atoms. The van der Waals surface area contributed by atoms with Crippen molar-refractivity contribution in [1.29, 1.82) is 0 Å². The summed E-state index contributed by atoms with van der Waals surface area (Å²) in [7, 11) is 1.55. The standard InChI is InChI=1S/C13H19N3O3/c1-8-12(15-5-6-19-8)13(17)16-9-3-4-11(18-2)10(14)7-9/h3-4,7-8,12,15H,5-6,14H2,1-2H3,(H,16,17)/t8-,12+/m1/s1. The number of carbonyl (C=O) groups is 1. The van der Waals surface area contributed by atoms with Gasteiger partial charge in [0.15, 0.2) is 0 Å². The third-order valence-corrected chi connectivity index (χ3v) is 3.10. The number of nitrogens with one attached hydrogen (secondary N) is 2. The normalized spacial score (nSPS) is 22.8. The summed E-state index contributed by atoms with van der Waals surface area (Å²) in [6.07, 6.45) is -0.149. The van der Waals surface area contributed by atoms with Crippen LogP contribution in [0.4, 0.5) is 11.4 Å². The highest BCUT2D eigenvalue weighted by atomic mass is 16.5. The minimum absolute atomic E-state index is 0.128. The fourth-order valence-electron chi connectivity index (χ4n) is 2.06. The van der Waals surface area contributed by atoms with Gasteiger partial charge in [0.1, 0.15) is 11.8 Å². The summed E-state index contributed by atoms with van der Waals surface area (Å²) < 4.78 is 10.5. The van der Waals surface area contributed by atoms with E-state index < -0.39 is 0 Å². The van der Waals surface area contributed by atoms with Gasteiger partial charge in [-0.1, -0.05) is 0 Å². The first-order valence-electron chi connectivity index (χ1n) is 6.21. The number of carbonyl (C=O) groups excluding carboxylic acids is 1. The number of ether oxygens (including phenoxy) is 2. The van der Waals surface area contributed by atoms with Crippen molar-refractivity contribution in [3.63, 3.8) is 0 Å². The van der Waals surface area contributed by atoms with Crippen LogP contribution in [0.15, 0.2) is 18.2 Å². The Kier molecular flexibility index (Phi) is 4.24. The molecule has 0 saturated carbocycles. The molecule has 19 heavy (non-hydrogen) atoms. The van der Waals surface area contributed by atoms with Gasteiger partial charge in [0.05, 0.1) is 25.5 Å². The predicted molar refractivity (Wildman–Crippen MR) is 73.2 cm³/mol. The van der Waals surface area contributed by atoms with Crippen LogP contribution in [0.25, 0.3) is 0 Å². The monoisotopic (exact) mass is 265 g/mol. The van der Waals surface area contributed by atoms with Gasteiger partial charge in [-0.25, -0.2) is 0 Å². The number of benzene rings is 1. The van der Waals surface area contributed by atoms with Crippen molar-refractivity contribution in [3.8, 4) is 5.75 Å². The summed E-state index contributed by atoms with van der Waals surface area (Å²) in [4.78, 5) is 12.1. The zero-order valence-electron chi connectivity index (χ0n) is 11.1. The van der Waals surface area contributed by atoms with Gasteiger partial charge in [0, 0.05) is 12.2 Å². The summed E-state index contributed by atoms with van der Waals surface area (Å²) in [5.41, 5.74) is 6.93. The Bertz CT molecular complexity index is 464. The van der Waals surface area contributed by atoms with Crippen molar-refractivity contribution in [3.05, 3.63) is 18.2 Å². The maximum atomic E-state index is 12.1. The molecule has 1 aliphatic heterocycles. The second-order valence-corrected chi connectivity index (χ2v) is 4.45. The largest absolute Gasteiger partial charge is 0.495 e. The lowest BCUT2D eigenvalue weighted by molar-refractivity contribution is -0.123. The van der Waals surface area contributed by atoms with Gasteiger partial charge in [0.2, 0.25) is 5.91 Å². The van der Waals surface area contributed by atoms with E-state index in [0.29, 0.717) is 30.3 Å². The van der Waals surface area contributed by atoms with E-state index in [-0.39, 0.29) is 18.1 Å². The highest BCUT2D eigenvalue weighted by molar-refractivity contribution is 5.95. The molecule has 0 aromatic heterocycles. The zero-order valence-corrected chi connectivity index (χ0v) is 11.1. The van der Waals surface area contributed by atoms with E-state index in [4.69, 9.17) is 15.2 Å². The van der Waals surface area contributed by atoms with Crippen molar-refractivity contribution in [1.82, 2.24) is 5.32 Å². The number of rotatable bonds is 3. The molecule has 0 aliphatic carbocycles. The SMILES string of the molecule is COc1ccc(NC(=O)[C@H]2NCCO[C@@H]2C)cc1N. The maximum absolute atomic E-state index is 12.1. The third kappa shape index (κ3) is 3.15. The molecule has 6 nitrogen and oxygen atoms in total. The molecular formula is C13H19N3O3. The minimum atomic E-state index is -0.350. The maximum Gasteiger partial charge on any atom is 0.244 e. The summed E-state index contributed by atoms with van der Waals surface area (Å²) >= 11 is 0. The Morgan fingerprint density at radius 2 is 2.37 bits per heavy atom. The van der Waals surface area contributed by atoms with Gasteiger partial charge < -0.3 is 25.8 Å². The first-order chi connectivity index (χ1) is 9.11. The van der Waals surface area contributed by atoms with Crippen LogP contribution in [0.5, 0.6) is 5.75 Å². The quantitative estimate of drug-likeness (QED) is 0.697. The number of methoxy groups -OCH3 is 1. The Morgan fingerprint density at radius 1 is 1.58 bits per heavy atom. The van der Waals surface area contributed by atoms with E-state index in [1.807, 2.05) is 6.92 Å². The van der Waals surface area contributed by atoms with Crippen LogP contribution >= 0.6 is 0 Å². The van der Waals surface area contributed by atoms with Gasteiger partial charge in [-0.15, -0.1) is 0 Å². The highest BCUT2D eigenvalue weighted by Crippen LogP contribution is 2.24. The van der Waals surface area contributed by atoms with Gasteiger partial charge in [-0.05, 0) is 25.1 Å². The molecule has 1 amide bonds. The zero-order chi connectivity index (χ0) is 13.8. The fraction of sp³-hybridized carbons (Fsp3) is 0.462. The lowest BCUT2D eigenvalue weighted by Crippen LogP contribution is -2.53. The molecule has 1 aromatic carbocycles. The third-order valence-electron chi connectivity index (χ3n) is 3.10. The fourth-order valence-corrected chi connectivity index (χ4v) is 2.06. The van der Waals surface area contributed by atoms with Gasteiger partial charge in [0.25, 0.3) is 0 Å². The number of hydrogen-bond donors (Lipinski definition) is 3. The molecule has 6 heteroatoms. The lowest BCUT2D eigenvalue weighted by atomic mass is 10.1.